The van der Waals surface area contributed by atoms with Crippen molar-refractivity contribution in [3.63, 3.8) is 0 Å². The number of likely N-dealkylation sites (N-methyl/N-ethyl adjacent to an activating group) is 1. The van der Waals surface area contributed by atoms with E-state index >= 15 is 0 Å². The van der Waals surface area contributed by atoms with E-state index < -0.39 is 0 Å². The summed E-state index contributed by atoms with van der Waals surface area (Å²) in [7, 11) is 2.19. The number of aryl methyl sites for hydroxylation is 1. The fraction of sp³-hybridized carbons (Fsp3) is 0.600. The first-order valence-corrected chi connectivity index (χ1v) is 6.85. The lowest BCUT2D eigenvalue weighted by molar-refractivity contribution is 0.332. The van der Waals surface area contributed by atoms with Crippen LogP contribution in [0, 0.1) is 13.8 Å². The van der Waals surface area contributed by atoms with Gasteiger partial charge in [-0.2, -0.15) is 0 Å². The average molecular weight is 247 g/mol. The Morgan fingerprint density at radius 1 is 1.28 bits per heavy atom. The van der Waals surface area contributed by atoms with Crippen molar-refractivity contribution >= 4 is 5.69 Å². The van der Waals surface area contributed by atoms with Crippen LogP contribution in [0.15, 0.2) is 18.2 Å². The van der Waals surface area contributed by atoms with Gasteiger partial charge in [-0.1, -0.05) is 12.1 Å². The monoisotopic (exact) mass is 247 g/mol. The summed E-state index contributed by atoms with van der Waals surface area (Å²) >= 11 is 0. The molecule has 0 aliphatic carbocycles. The van der Waals surface area contributed by atoms with Gasteiger partial charge in [0.2, 0.25) is 0 Å². The van der Waals surface area contributed by atoms with Crippen LogP contribution >= 0.6 is 0 Å². The molecule has 0 amide bonds. The van der Waals surface area contributed by atoms with Gasteiger partial charge in [-0.15, -0.1) is 0 Å². The molecule has 3 heteroatoms. The highest BCUT2D eigenvalue weighted by atomic mass is 15.2. The number of rotatable bonds is 2. The molecule has 0 radical (unpaired) electrons. The first kappa shape index (κ1) is 13.4. The summed E-state index contributed by atoms with van der Waals surface area (Å²) in [6.45, 7) is 8.45. The lowest BCUT2D eigenvalue weighted by Gasteiger charge is -2.33. The third kappa shape index (κ3) is 2.68. The molecule has 2 N–H and O–H groups in total. The molecule has 0 bridgehead atoms. The highest BCUT2D eigenvalue weighted by molar-refractivity contribution is 5.57. The summed E-state index contributed by atoms with van der Waals surface area (Å²) in [5.74, 6) is 0. The maximum Gasteiger partial charge on any atom is 0.0539 e. The van der Waals surface area contributed by atoms with Crippen LogP contribution in [0.25, 0.3) is 0 Å². The molecule has 1 atom stereocenters. The second-order valence-electron chi connectivity index (χ2n) is 5.42. The van der Waals surface area contributed by atoms with E-state index in [1.807, 2.05) is 0 Å². The van der Waals surface area contributed by atoms with E-state index in [2.05, 4.69) is 48.9 Å². The molecule has 1 heterocycles. The first-order valence-electron chi connectivity index (χ1n) is 6.85. The van der Waals surface area contributed by atoms with Gasteiger partial charge in [-0.05, 0) is 51.1 Å². The fourth-order valence-corrected chi connectivity index (χ4v) is 2.81. The molecule has 2 rings (SSSR count). The van der Waals surface area contributed by atoms with Gasteiger partial charge in [0.25, 0.3) is 0 Å². The van der Waals surface area contributed by atoms with Crippen molar-refractivity contribution in [2.75, 3.05) is 38.1 Å². The summed E-state index contributed by atoms with van der Waals surface area (Å²) in [5.41, 5.74) is 10.1. The minimum absolute atomic E-state index is 0.429. The van der Waals surface area contributed by atoms with Crippen LogP contribution in [-0.4, -0.2) is 44.2 Å². The van der Waals surface area contributed by atoms with Crippen LogP contribution < -0.4 is 10.6 Å². The van der Waals surface area contributed by atoms with Crippen molar-refractivity contribution in [1.29, 1.82) is 0 Å². The highest BCUT2D eigenvalue weighted by Crippen LogP contribution is 2.26. The zero-order valence-electron chi connectivity index (χ0n) is 11.8. The molecule has 1 aromatic rings. The van der Waals surface area contributed by atoms with Crippen molar-refractivity contribution in [3.05, 3.63) is 29.3 Å². The summed E-state index contributed by atoms with van der Waals surface area (Å²) in [5, 5.41) is 0. The van der Waals surface area contributed by atoms with E-state index in [0.29, 0.717) is 6.04 Å². The van der Waals surface area contributed by atoms with Crippen molar-refractivity contribution in [3.8, 4) is 0 Å². The first-order chi connectivity index (χ1) is 8.63. The Kier molecular flexibility index (Phi) is 4.25. The zero-order chi connectivity index (χ0) is 13.1. The maximum atomic E-state index is 5.98. The molecule has 0 spiro atoms. The summed E-state index contributed by atoms with van der Waals surface area (Å²) in [6.07, 6.45) is 1.21. The molecule has 1 unspecified atom stereocenters. The second kappa shape index (κ2) is 5.72. The van der Waals surface area contributed by atoms with Crippen LogP contribution in [0.2, 0.25) is 0 Å². The number of nitrogens with zero attached hydrogens (tertiary/aromatic N) is 2. The second-order valence-corrected chi connectivity index (χ2v) is 5.42. The Labute approximate surface area is 111 Å². The van der Waals surface area contributed by atoms with E-state index in [4.69, 9.17) is 5.73 Å². The predicted molar refractivity (Wildman–Crippen MR) is 78.2 cm³/mol. The molecule has 0 saturated carbocycles. The Bertz CT molecular complexity index is 403. The normalized spacial score (nSPS) is 22.0. The standard InChI is InChI=1S/C15H25N3/c1-12-6-4-7-15(13(12)2)18-9-5-8-17(3)11-14(18)10-16/h4,6-7,14H,5,8-11,16H2,1-3H3. The molecule has 1 saturated heterocycles. The van der Waals surface area contributed by atoms with Crippen molar-refractivity contribution in [2.45, 2.75) is 26.3 Å². The van der Waals surface area contributed by atoms with Crippen LogP contribution in [0.3, 0.4) is 0 Å². The molecule has 18 heavy (non-hydrogen) atoms. The Hall–Kier alpha value is -1.06. The number of hydrogen-bond acceptors (Lipinski definition) is 3. The molecular formula is C15H25N3. The van der Waals surface area contributed by atoms with E-state index in [9.17, 15) is 0 Å². The Morgan fingerprint density at radius 2 is 2.06 bits per heavy atom. The summed E-state index contributed by atoms with van der Waals surface area (Å²) in [4.78, 5) is 4.90. The predicted octanol–water partition coefficient (Wildman–Crippen LogP) is 1.77. The smallest absolute Gasteiger partial charge is 0.0539 e. The minimum Gasteiger partial charge on any atom is -0.366 e. The topological polar surface area (TPSA) is 32.5 Å². The highest BCUT2D eigenvalue weighted by Gasteiger charge is 2.23. The van der Waals surface area contributed by atoms with Gasteiger partial charge in [0, 0.05) is 25.3 Å². The lowest BCUT2D eigenvalue weighted by atomic mass is 10.1. The molecule has 1 aliphatic rings. The SMILES string of the molecule is Cc1cccc(N2CCCN(C)CC2CN)c1C. The van der Waals surface area contributed by atoms with Gasteiger partial charge < -0.3 is 15.5 Å². The number of hydrogen-bond donors (Lipinski definition) is 1. The van der Waals surface area contributed by atoms with Gasteiger partial charge in [-0.25, -0.2) is 0 Å². The number of benzene rings is 1. The van der Waals surface area contributed by atoms with Crippen LogP contribution in [0.1, 0.15) is 17.5 Å². The quantitative estimate of drug-likeness (QED) is 0.864. The Balaban J connectivity index is 2.31. The maximum absolute atomic E-state index is 5.98. The van der Waals surface area contributed by atoms with Crippen LogP contribution in [0.4, 0.5) is 5.69 Å². The van der Waals surface area contributed by atoms with Crippen molar-refractivity contribution in [2.24, 2.45) is 5.73 Å². The van der Waals surface area contributed by atoms with Gasteiger partial charge in [0.05, 0.1) is 6.04 Å². The summed E-state index contributed by atoms with van der Waals surface area (Å²) < 4.78 is 0. The molecule has 0 aromatic heterocycles. The van der Waals surface area contributed by atoms with E-state index in [-0.39, 0.29) is 0 Å². The van der Waals surface area contributed by atoms with Crippen LogP contribution in [-0.2, 0) is 0 Å². The van der Waals surface area contributed by atoms with Crippen molar-refractivity contribution < 1.29 is 0 Å². The van der Waals surface area contributed by atoms with E-state index in [0.717, 1.165) is 26.2 Å². The molecule has 1 aliphatic heterocycles. The molecule has 1 aromatic carbocycles. The number of nitrogens with two attached hydrogens (primary N) is 1. The van der Waals surface area contributed by atoms with Gasteiger partial charge in [-0.3, -0.25) is 0 Å². The third-order valence-corrected chi connectivity index (χ3v) is 4.06. The van der Waals surface area contributed by atoms with Crippen molar-refractivity contribution in [1.82, 2.24) is 4.90 Å². The van der Waals surface area contributed by atoms with Crippen LogP contribution in [0.5, 0.6) is 0 Å². The minimum atomic E-state index is 0.429. The lowest BCUT2D eigenvalue weighted by Crippen LogP contribution is -2.45. The molecule has 1 fully saturated rings. The molecule has 3 nitrogen and oxygen atoms in total. The van der Waals surface area contributed by atoms with E-state index in [1.54, 1.807) is 0 Å². The largest absolute Gasteiger partial charge is 0.366 e. The Morgan fingerprint density at radius 3 is 2.78 bits per heavy atom. The number of anilines is 1. The third-order valence-electron chi connectivity index (χ3n) is 4.06. The van der Waals surface area contributed by atoms with Gasteiger partial charge >= 0.3 is 0 Å². The zero-order valence-corrected chi connectivity index (χ0v) is 11.8. The fourth-order valence-electron chi connectivity index (χ4n) is 2.81. The molecular weight excluding hydrogens is 222 g/mol. The molecule has 100 valence electrons. The average Bonchev–Trinajstić information content (AvgIpc) is 2.54. The van der Waals surface area contributed by atoms with E-state index in [1.165, 1.54) is 23.2 Å². The van der Waals surface area contributed by atoms with Gasteiger partial charge in [0.1, 0.15) is 0 Å². The van der Waals surface area contributed by atoms with Gasteiger partial charge in [0.15, 0.2) is 0 Å². The summed E-state index contributed by atoms with van der Waals surface area (Å²) in [6, 6.07) is 6.99.